The number of rotatable bonds is 5. The van der Waals surface area contributed by atoms with Crippen molar-refractivity contribution < 1.29 is 0 Å². The molecule has 108 valence electrons. The van der Waals surface area contributed by atoms with Crippen LogP contribution in [0.1, 0.15) is 35.4 Å². The lowest BCUT2D eigenvalue weighted by Crippen LogP contribution is -2.23. The summed E-state index contributed by atoms with van der Waals surface area (Å²) in [6.45, 7) is 5.36. The van der Waals surface area contributed by atoms with E-state index in [1.165, 1.54) is 26.1 Å². The van der Waals surface area contributed by atoms with Gasteiger partial charge in [-0.3, -0.25) is 4.98 Å². The van der Waals surface area contributed by atoms with Crippen molar-refractivity contribution in [3.05, 3.63) is 64.8 Å². The predicted octanol–water partition coefficient (Wildman–Crippen LogP) is 4.69. The van der Waals surface area contributed by atoms with Crippen LogP contribution in [0.2, 0.25) is 0 Å². The number of aryl methyl sites for hydroxylation is 1. The minimum Gasteiger partial charge on any atom is -0.306 e. The Morgan fingerprint density at radius 3 is 2.86 bits per heavy atom. The zero-order valence-corrected chi connectivity index (χ0v) is 13.3. The van der Waals surface area contributed by atoms with E-state index in [1.807, 2.05) is 23.7 Å². The second-order valence-corrected chi connectivity index (χ2v) is 6.42. The highest BCUT2D eigenvalue weighted by molar-refractivity contribution is 7.19. The van der Waals surface area contributed by atoms with Gasteiger partial charge in [0.25, 0.3) is 0 Å². The fraction of sp³-hybridized carbons (Fsp3) is 0.278. The van der Waals surface area contributed by atoms with Gasteiger partial charge in [-0.1, -0.05) is 25.1 Å². The zero-order chi connectivity index (χ0) is 14.7. The Morgan fingerprint density at radius 2 is 2.10 bits per heavy atom. The van der Waals surface area contributed by atoms with Crippen LogP contribution in [-0.4, -0.2) is 11.5 Å². The summed E-state index contributed by atoms with van der Waals surface area (Å²) in [5.41, 5.74) is 2.56. The molecule has 0 saturated carbocycles. The summed E-state index contributed by atoms with van der Waals surface area (Å²) in [6.07, 6.45) is 4.98. The lowest BCUT2D eigenvalue weighted by Gasteiger charge is -2.19. The van der Waals surface area contributed by atoms with Gasteiger partial charge in [-0.2, -0.15) is 0 Å². The van der Waals surface area contributed by atoms with E-state index in [0.717, 1.165) is 13.0 Å². The number of fused-ring (bicyclic) bond motifs is 1. The molecule has 0 spiro atoms. The fourth-order valence-corrected chi connectivity index (χ4v) is 3.73. The van der Waals surface area contributed by atoms with Gasteiger partial charge in [0, 0.05) is 22.0 Å². The van der Waals surface area contributed by atoms with Gasteiger partial charge in [0.2, 0.25) is 0 Å². The molecule has 0 fully saturated rings. The number of pyridine rings is 1. The molecule has 0 aliphatic rings. The molecule has 0 radical (unpaired) electrons. The van der Waals surface area contributed by atoms with Crippen molar-refractivity contribution >= 4 is 21.4 Å². The third-order valence-electron chi connectivity index (χ3n) is 3.72. The highest BCUT2D eigenvalue weighted by Gasteiger charge is 2.18. The average Bonchev–Trinajstić information content (AvgIpc) is 2.93. The number of hydrogen-bond donors (Lipinski definition) is 1. The molecule has 1 N–H and O–H groups in total. The largest absolute Gasteiger partial charge is 0.306 e. The van der Waals surface area contributed by atoms with Gasteiger partial charge in [0.15, 0.2) is 0 Å². The SMILES string of the molecule is CCCNC(c1cc2ccccc2s1)c1cnccc1C. The van der Waals surface area contributed by atoms with Crippen LogP contribution in [-0.2, 0) is 0 Å². The second-order valence-electron chi connectivity index (χ2n) is 5.31. The van der Waals surface area contributed by atoms with Gasteiger partial charge in [-0.25, -0.2) is 0 Å². The lowest BCUT2D eigenvalue weighted by atomic mass is 10.0. The molecule has 1 unspecified atom stereocenters. The van der Waals surface area contributed by atoms with E-state index in [-0.39, 0.29) is 6.04 Å². The molecule has 3 rings (SSSR count). The number of nitrogens with one attached hydrogen (secondary N) is 1. The van der Waals surface area contributed by atoms with Crippen LogP contribution >= 0.6 is 11.3 Å². The zero-order valence-electron chi connectivity index (χ0n) is 12.5. The molecular formula is C18H20N2S. The van der Waals surface area contributed by atoms with Crippen LogP contribution in [0.5, 0.6) is 0 Å². The van der Waals surface area contributed by atoms with Crippen LogP contribution in [0, 0.1) is 6.92 Å². The number of aromatic nitrogens is 1. The van der Waals surface area contributed by atoms with Crippen LogP contribution in [0.3, 0.4) is 0 Å². The number of nitrogens with zero attached hydrogens (tertiary/aromatic N) is 1. The Hall–Kier alpha value is -1.71. The van der Waals surface area contributed by atoms with Gasteiger partial charge in [-0.15, -0.1) is 11.3 Å². The molecule has 0 saturated heterocycles. The van der Waals surface area contributed by atoms with Crippen LogP contribution in [0.4, 0.5) is 0 Å². The summed E-state index contributed by atoms with van der Waals surface area (Å²) in [5.74, 6) is 0. The minimum absolute atomic E-state index is 0.232. The number of thiophene rings is 1. The summed E-state index contributed by atoms with van der Waals surface area (Å²) in [5, 5.41) is 5.00. The van der Waals surface area contributed by atoms with Crippen molar-refractivity contribution in [2.24, 2.45) is 0 Å². The van der Waals surface area contributed by atoms with Crippen molar-refractivity contribution in [3.63, 3.8) is 0 Å². The number of benzene rings is 1. The molecule has 3 heteroatoms. The molecule has 0 aliphatic carbocycles. The molecule has 3 aromatic rings. The minimum atomic E-state index is 0.232. The third-order valence-corrected chi connectivity index (χ3v) is 4.90. The quantitative estimate of drug-likeness (QED) is 0.738. The summed E-state index contributed by atoms with van der Waals surface area (Å²) in [7, 11) is 0. The van der Waals surface area contributed by atoms with E-state index in [4.69, 9.17) is 0 Å². The first-order valence-corrected chi connectivity index (χ1v) is 8.23. The van der Waals surface area contributed by atoms with Gasteiger partial charge in [-0.05, 0) is 54.6 Å². The summed E-state index contributed by atoms with van der Waals surface area (Å²) in [4.78, 5) is 5.68. The molecule has 1 aromatic carbocycles. The van der Waals surface area contributed by atoms with Gasteiger partial charge in [0.1, 0.15) is 0 Å². The van der Waals surface area contributed by atoms with Crippen molar-refractivity contribution in [3.8, 4) is 0 Å². The van der Waals surface area contributed by atoms with Gasteiger partial charge >= 0.3 is 0 Å². The van der Waals surface area contributed by atoms with E-state index in [0.29, 0.717) is 0 Å². The first-order chi connectivity index (χ1) is 10.3. The molecule has 2 heterocycles. The second kappa shape index (κ2) is 6.37. The summed E-state index contributed by atoms with van der Waals surface area (Å²) >= 11 is 1.87. The van der Waals surface area contributed by atoms with Crippen LogP contribution in [0.15, 0.2) is 48.8 Å². The van der Waals surface area contributed by atoms with Crippen molar-refractivity contribution in [1.82, 2.24) is 10.3 Å². The van der Waals surface area contributed by atoms with E-state index in [1.54, 1.807) is 0 Å². The molecule has 0 aliphatic heterocycles. The molecule has 21 heavy (non-hydrogen) atoms. The van der Waals surface area contributed by atoms with E-state index < -0.39 is 0 Å². The van der Waals surface area contributed by atoms with E-state index >= 15 is 0 Å². The highest BCUT2D eigenvalue weighted by Crippen LogP contribution is 2.33. The first kappa shape index (κ1) is 14.2. The summed E-state index contributed by atoms with van der Waals surface area (Å²) in [6, 6.07) is 13.2. The van der Waals surface area contributed by atoms with E-state index in [2.05, 4.69) is 60.5 Å². The number of hydrogen-bond acceptors (Lipinski definition) is 3. The molecule has 0 amide bonds. The summed E-state index contributed by atoms with van der Waals surface area (Å²) < 4.78 is 1.34. The normalized spacial score (nSPS) is 12.7. The Balaban J connectivity index is 2.04. The Bertz CT molecular complexity index is 700. The highest BCUT2D eigenvalue weighted by atomic mass is 32.1. The smallest absolute Gasteiger partial charge is 0.0689 e. The predicted molar refractivity (Wildman–Crippen MR) is 90.9 cm³/mol. The topological polar surface area (TPSA) is 24.9 Å². The maximum absolute atomic E-state index is 4.32. The molecular weight excluding hydrogens is 276 g/mol. The molecule has 0 bridgehead atoms. The third kappa shape index (κ3) is 2.99. The van der Waals surface area contributed by atoms with Crippen molar-refractivity contribution in [2.75, 3.05) is 6.54 Å². The maximum Gasteiger partial charge on any atom is 0.0689 e. The Morgan fingerprint density at radius 1 is 1.24 bits per heavy atom. The Kier molecular flexibility index (Phi) is 4.32. The van der Waals surface area contributed by atoms with Crippen LogP contribution in [0.25, 0.3) is 10.1 Å². The van der Waals surface area contributed by atoms with Crippen molar-refractivity contribution in [1.29, 1.82) is 0 Å². The van der Waals surface area contributed by atoms with Gasteiger partial charge < -0.3 is 5.32 Å². The maximum atomic E-state index is 4.32. The average molecular weight is 296 g/mol. The van der Waals surface area contributed by atoms with Crippen LogP contribution < -0.4 is 5.32 Å². The molecule has 2 aromatic heterocycles. The molecule has 1 atom stereocenters. The fourth-order valence-electron chi connectivity index (χ4n) is 2.58. The first-order valence-electron chi connectivity index (χ1n) is 7.42. The monoisotopic (exact) mass is 296 g/mol. The van der Waals surface area contributed by atoms with Crippen molar-refractivity contribution in [2.45, 2.75) is 26.3 Å². The van der Waals surface area contributed by atoms with Gasteiger partial charge in [0.05, 0.1) is 6.04 Å². The lowest BCUT2D eigenvalue weighted by molar-refractivity contribution is 0.602. The Labute approximate surface area is 129 Å². The molecule has 2 nitrogen and oxygen atoms in total. The standard InChI is InChI=1S/C18H20N2S/c1-3-9-20-18(15-12-19-10-8-13(15)2)17-11-14-6-4-5-7-16(14)21-17/h4-8,10-12,18,20H,3,9H2,1-2H3. The van der Waals surface area contributed by atoms with E-state index in [9.17, 15) is 0 Å².